The second-order valence-electron chi connectivity index (χ2n) is 7.06. The molecule has 0 saturated carbocycles. The Morgan fingerprint density at radius 2 is 1.59 bits per heavy atom. The smallest absolute Gasteiger partial charge is 0.223 e. The lowest BCUT2D eigenvalue weighted by Crippen LogP contribution is -2.50. The maximum Gasteiger partial charge on any atom is 0.223 e. The van der Waals surface area contributed by atoms with Crippen LogP contribution in [0.2, 0.25) is 0 Å². The van der Waals surface area contributed by atoms with Gasteiger partial charge < -0.3 is 9.80 Å². The molecule has 0 unspecified atom stereocenters. The second-order valence-corrected chi connectivity index (χ2v) is 7.06. The summed E-state index contributed by atoms with van der Waals surface area (Å²) in [6, 6.07) is 9.65. The summed E-state index contributed by atoms with van der Waals surface area (Å²) >= 11 is 0. The number of piperazine rings is 1. The molecule has 1 saturated heterocycles. The molecule has 0 bridgehead atoms. The maximum atomic E-state index is 13.2. The van der Waals surface area contributed by atoms with E-state index in [4.69, 9.17) is 0 Å². The number of pyridine rings is 1. The van der Waals surface area contributed by atoms with Crippen molar-refractivity contribution >= 4 is 17.6 Å². The second kappa shape index (κ2) is 9.91. The van der Waals surface area contributed by atoms with Gasteiger partial charge in [-0.3, -0.25) is 19.4 Å². The lowest BCUT2D eigenvalue weighted by atomic mass is 10.1. The van der Waals surface area contributed by atoms with Gasteiger partial charge >= 0.3 is 0 Å². The van der Waals surface area contributed by atoms with Gasteiger partial charge in [-0.25, -0.2) is 4.39 Å². The van der Waals surface area contributed by atoms with Crippen molar-refractivity contribution in [2.75, 3.05) is 26.2 Å². The highest BCUT2D eigenvalue weighted by molar-refractivity contribution is 5.97. The fourth-order valence-corrected chi connectivity index (χ4v) is 3.36. The first-order valence-electron chi connectivity index (χ1n) is 9.76. The Hall–Kier alpha value is -3.09. The third-order valence-electron chi connectivity index (χ3n) is 5.05. The molecule has 1 aliphatic heterocycles. The van der Waals surface area contributed by atoms with Crippen molar-refractivity contribution in [2.45, 2.75) is 25.7 Å². The van der Waals surface area contributed by atoms with E-state index < -0.39 is 0 Å². The van der Waals surface area contributed by atoms with Gasteiger partial charge in [0.25, 0.3) is 0 Å². The van der Waals surface area contributed by atoms with Gasteiger partial charge in [-0.2, -0.15) is 0 Å². The number of aromatic nitrogens is 1. The van der Waals surface area contributed by atoms with Crippen molar-refractivity contribution < 1.29 is 18.8 Å². The maximum absolute atomic E-state index is 13.2. The molecule has 6 nitrogen and oxygen atoms in total. The quantitative estimate of drug-likeness (QED) is 0.673. The summed E-state index contributed by atoms with van der Waals surface area (Å²) in [6.07, 6.45) is 4.21. The van der Waals surface area contributed by atoms with E-state index in [1.807, 2.05) is 0 Å². The van der Waals surface area contributed by atoms with Crippen LogP contribution in [0.4, 0.5) is 4.39 Å². The molecule has 1 aliphatic rings. The summed E-state index contributed by atoms with van der Waals surface area (Å²) in [4.78, 5) is 44.2. The number of halogens is 1. The molecule has 2 amide bonds. The van der Waals surface area contributed by atoms with Crippen molar-refractivity contribution in [3.05, 3.63) is 65.7 Å². The number of carbonyl (C=O) groups is 3. The minimum Gasteiger partial charge on any atom is -0.339 e. The van der Waals surface area contributed by atoms with Crippen LogP contribution in [0.5, 0.6) is 0 Å². The van der Waals surface area contributed by atoms with Gasteiger partial charge in [0.05, 0.1) is 0 Å². The van der Waals surface area contributed by atoms with E-state index in [0.29, 0.717) is 44.6 Å². The van der Waals surface area contributed by atoms with Gasteiger partial charge in [-0.1, -0.05) is 12.1 Å². The molecule has 1 aromatic heterocycles. The summed E-state index contributed by atoms with van der Waals surface area (Å²) in [5.74, 6) is -0.469. The standard InChI is InChI=1S/C22H24FN3O3/c23-19-5-1-3-17(15-19)6-8-21(28)25-11-13-26(14-12-25)22(29)9-7-20(27)18-4-2-10-24-16-18/h1-5,10,15-16H,6-9,11-14H2. The summed E-state index contributed by atoms with van der Waals surface area (Å²) in [7, 11) is 0. The number of hydrogen-bond acceptors (Lipinski definition) is 4. The summed E-state index contributed by atoms with van der Waals surface area (Å²) in [6.45, 7) is 1.88. The molecule has 0 aliphatic carbocycles. The molecule has 0 N–H and O–H groups in total. The summed E-state index contributed by atoms with van der Waals surface area (Å²) in [5.41, 5.74) is 1.31. The van der Waals surface area contributed by atoms with Crippen LogP contribution in [0.15, 0.2) is 48.8 Å². The highest BCUT2D eigenvalue weighted by atomic mass is 19.1. The van der Waals surface area contributed by atoms with Crippen LogP contribution < -0.4 is 0 Å². The lowest BCUT2D eigenvalue weighted by Gasteiger charge is -2.35. The number of amides is 2. The Morgan fingerprint density at radius 3 is 2.21 bits per heavy atom. The van der Waals surface area contributed by atoms with Crippen LogP contribution in [0.25, 0.3) is 0 Å². The van der Waals surface area contributed by atoms with E-state index in [1.165, 1.54) is 18.3 Å². The fourth-order valence-electron chi connectivity index (χ4n) is 3.36. The lowest BCUT2D eigenvalue weighted by molar-refractivity contribution is -0.139. The Balaban J connectivity index is 1.39. The third-order valence-corrected chi connectivity index (χ3v) is 5.05. The van der Waals surface area contributed by atoms with E-state index in [0.717, 1.165) is 5.56 Å². The molecule has 1 aromatic carbocycles. The SMILES string of the molecule is O=C(CCC(=O)N1CCN(C(=O)CCc2cccc(F)c2)CC1)c1cccnc1. The minimum absolute atomic E-state index is 0.00751. The summed E-state index contributed by atoms with van der Waals surface area (Å²) in [5, 5.41) is 0. The van der Waals surface area contributed by atoms with Crippen LogP contribution in [0.3, 0.4) is 0 Å². The predicted octanol–water partition coefficient (Wildman–Crippen LogP) is 2.49. The van der Waals surface area contributed by atoms with Crippen LogP contribution >= 0.6 is 0 Å². The van der Waals surface area contributed by atoms with Crippen LogP contribution in [-0.2, 0) is 16.0 Å². The first-order chi connectivity index (χ1) is 14.0. The Bertz CT molecular complexity index is 865. The van der Waals surface area contributed by atoms with Crippen molar-refractivity contribution in [1.29, 1.82) is 0 Å². The number of Topliss-reactive ketones (excluding diaryl/α,β-unsaturated/α-hetero) is 1. The Morgan fingerprint density at radius 1 is 0.897 bits per heavy atom. The average Bonchev–Trinajstić information content (AvgIpc) is 2.76. The molecule has 3 rings (SSSR count). The molecule has 0 spiro atoms. The average molecular weight is 397 g/mol. The molecule has 0 atom stereocenters. The largest absolute Gasteiger partial charge is 0.339 e. The number of benzene rings is 1. The van der Waals surface area contributed by atoms with Gasteiger partial charge in [0.15, 0.2) is 5.78 Å². The Labute approximate surface area is 169 Å². The zero-order chi connectivity index (χ0) is 20.6. The minimum atomic E-state index is -0.302. The zero-order valence-corrected chi connectivity index (χ0v) is 16.2. The monoisotopic (exact) mass is 397 g/mol. The predicted molar refractivity (Wildman–Crippen MR) is 106 cm³/mol. The van der Waals surface area contributed by atoms with Gasteiger partial charge in [0, 0.05) is 63.4 Å². The Kier molecular flexibility index (Phi) is 7.05. The molecule has 2 heterocycles. The first kappa shape index (κ1) is 20.6. The molecule has 1 fully saturated rings. The van der Waals surface area contributed by atoms with E-state index in [9.17, 15) is 18.8 Å². The number of hydrogen-bond donors (Lipinski definition) is 0. The molecule has 152 valence electrons. The fraction of sp³-hybridized carbons (Fsp3) is 0.364. The van der Waals surface area contributed by atoms with Crippen LogP contribution in [0, 0.1) is 5.82 Å². The van der Waals surface area contributed by atoms with Crippen molar-refractivity contribution in [1.82, 2.24) is 14.8 Å². The normalized spacial score (nSPS) is 14.0. The molecule has 2 aromatic rings. The van der Waals surface area contributed by atoms with E-state index in [2.05, 4.69) is 4.98 Å². The molecule has 29 heavy (non-hydrogen) atoms. The molecular formula is C22H24FN3O3. The number of aryl methyl sites for hydroxylation is 1. The molecule has 0 radical (unpaired) electrons. The van der Waals surface area contributed by atoms with E-state index >= 15 is 0 Å². The third kappa shape index (κ3) is 5.94. The number of nitrogens with zero attached hydrogens (tertiary/aromatic N) is 3. The zero-order valence-electron chi connectivity index (χ0n) is 16.2. The first-order valence-corrected chi connectivity index (χ1v) is 9.76. The van der Waals surface area contributed by atoms with Gasteiger partial charge in [-0.05, 0) is 36.2 Å². The summed E-state index contributed by atoms with van der Waals surface area (Å²) < 4.78 is 13.2. The number of ketones is 1. The van der Waals surface area contributed by atoms with E-state index in [-0.39, 0.29) is 36.3 Å². The van der Waals surface area contributed by atoms with Crippen molar-refractivity contribution in [3.63, 3.8) is 0 Å². The van der Waals surface area contributed by atoms with Gasteiger partial charge in [0.1, 0.15) is 5.82 Å². The van der Waals surface area contributed by atoms with Crippen molar-refractivity contribution in [3.8, 4) is 0 Å². The highest BCUT2D eigenvalue weighted by Gasteiger charge is 2.24. The van der Waals surface area contributed by atoms with Gasteiger partial charge in [0.2, 0.25) is 11.8 Å². The van der Waals surface area contributed by atoms with Gasteiger partial charge in [-0.15, -0.1) is 0 Å². The molecular weight excluding hydrogens is 373 g/mol. The van der Waals surface area contributed by atoms with Crippen LogP contribution in [0.1, 0.15) is 35.2 Å². The topological polar surface area (TPSA) is 70.6 Å². The molecule has 7 heteroatoms. The number of rotatable bonds is 7. The van der Waals surface area contributed by atoms with Crippen molar-refractivity contribution in [2.24, 2.45) is 0 Å². The van der Waals surface area contributed by atoms with Crippen LogP contribution in [-0.4, -0.2) is 58.6 Å². The van der Waals surface area contributed by atoms with E-state index in [1.54, 1.807) is 40.3 Å². The highest BCUT2D eigenvalue weighted by Crippen LogP contribution is 2.11. The number of carbonyl (C=O) groups excluding carboxylic acids is 3.